The highest BCUT2D eigenvalue weighted by Gasteiger charge is 2.09. The number of amides is 1. The highest BCUT2D eigenvalue weighted by atomic mass is 35.5. The van der Waals surface area contributed by atoms with Crippen LogP contribution in [0.5, 0.6) is 0 Å². The van der Waals surface area contributed by atoms with Crippen molar-refractivity contribution >= 4 is 35.1 Å². The van der Waals surface area contributed by atoms with Crippen molar-refractivity contribution in [2.45, 2.75) is 20.0 Å². The lowest BCUT2D eigenvalue weighted by Crippen LogP contribution is -2.27. The van der Waals surface area contributed by atoms with E-state index in [1.165, 1.54) is 0 Å². The topological polar surface area (TPSA) is 55.4 Å². The molecule has 0 saturated carbocycles. The highest BCUT2D eigenvalue weighted by Crippen LogP contribution is 2.22. The Bertz CT molecular complexity index is 747. The van der Waals surface area contributed by atoms with Gasteiger partial charge in [0.1, 0.15) is 6.61 Å². The number of carbonyl (C=O) groups is 2. The van der Waals surface area contributed by atoms with E-state index in [0.717, 1.165) is 11.1 Å². The molecule has 6 heteroatoms. The van der Waals surface area contributed by atoms with E-state index in [0.29, 0.717) is 15.6 Å². The second-order valence-electron chi connectivity index (χ2n) is 5.23. The van der Waals surface area contributed by atoms with Crippen LogP contribution in [0.15, 0.2) is 42.5 Å². The molecule has 0 unspecified atom stereocenters. The molecule has 0 aliphatic rings. The van der Waals surface area contributed by atoms with Gasteiger partial charge in [-0.15, -0.1) is 0 Å². The Morgan fingerprint density at radius 3 is 2.54 bits per heavy atom. The van der Waals surface area contributed by atoms with E-state index >= 15 is 0 Å². The Labute approximate surface area is 150 Å². The number of ether oxygens (including phenoxy) is 1. The Morgan fingerprint density at radius 1 is 1.08 bits per heavy atom. The van der Waals surface area contributed by atoms with Gasteiger partial charge in [0.2, 0.25) is 0 Å². The number of nitrogens with one attached hydrogen (secondary N) is 1. The van der Waals surface area contributed by atoms with Gasteiger partial charge >= 0.3 is 5.97 Å². The zero-order valence-electron chi connectivity index (χ0n) is 13.1. The van der Waals surface area contributed by atoms with Crippen molar-refractivity contribution < 1.29 is 14.3 Å². The first kappa shape index (κ1) is 18.3. The molecule has 0 aliphatic heterocycles. The number of benzene rings is 2. The van der Waals surface area contributed by atoms with Gasteiger partial charge in [-0.05, 0) is 36.2 Å². The van der Waals surface area contributed by atoms with Gasteiger partial charge in [0, 0.05) is 12.1 Å². The van der Waals surface area contributed by atoms with Crippen LogP contribution in [-0.4, -0.2) is 18.4 Å². The van der Waals surface area contributed by atoms with E-state index in [4.69, 9.17) is 27.9 Å². The summed E-state index contributed by atoms with van der Waals surface area (Å²) in [6.45, 7) is 2.19. The summed E-state index contributed by atoms with van der Waals surface area (Å²) in [7, 11) is 0. The summed E-state index contributed by atoms with van der Waals surface area (Å²) < 4.78 is 5.14. The molecule has 0 bridgehead atoms. The minimum absolute atomic E-state index is 0.0962. The molecular weight excluding hydrogens is 349 g/mol. The third kappa shape index (κ3) is 5.25. The Kier molecular flexibility index (Phi) is 6.64. The Hall–Kier alpha value is -2.04. The SMILES string of the molecule is Cc1ccccc1C(=O)NCCC(=O)OCc1ccc(Cl)c(Cl)c1. The first-order valence-corrected chi connectivity index (χ1v) is 8.16. The fraction of sp³-hybridized carbons (Fsp3) is 0.222. The molecule has 0 spiro atoms. The van der Waals surface area contributed by atoms with Crippen molar-refractivity contribution in [1.82, 2.24) is 5.32 Å². The van der Waals surface area contributed by atoms with E-state index in [-0.39, 0.29) is 25.5 Å². The standard InChI is InChI=1S/C18H17Cl2NO3/c1-12-4-2-3-5-14(12)18(23)21-9-8-17(22)24-11-13-6-7-15(19)16(20)10-13/h2-7,10H,8-9,11H2,1H3,(H,21,23). The monoisotopic (exact) mass is 365 g/mol. The number of carbonyl (C=O) groups excluding carboxylic acids is 2. The average Bonchev–Trinajstić information content (AvgIpc) is 2.56. The number of hydrogen-bond acceptors (Lipinski definition) is 3. The molecule has 2 aromatic rings. The normalized spacial score (nSPS) is 10.3. The molecule has 1 N–H and O–H groups in total. The van der Waals surface area contributed by atoms with Gasteiger partial charge in [0.25, 0.3) is 5.91 Å². The molecule has 0 saturated heterocycles. The third-order valence-electron chi connectivity index (χ3n) is 3.39. The number of hydrogen-bond donors (Lipinski definition) is 1. The summed E-state index contributed by atoms with van der Waals surface area (Å²) in [6, 6.07) is 12.3. The average molecular weight is 366 g/mol. The lowest BCUT2D eigenvalue weighted by molar-refractivity contribution is -0.144. The van der Waals surface area contributed by atoms with Crippen LogP contribution < -0.4 is 5.32 Å². The van der Waals surface area contributed by atoms with E-state index < -0.39 is 5.97 Å². The largest absolute Gasteiger partial charge is 0.461 e. The first-order valence-electron chi connectivity index (χ1n) is 7.41. The number of esters is 1. The van der Waals surface area contributed by atoms with E-state index in [2.05, 4.69) is 5.32 Å². The van der Waals surface area contributed by atoms with E-state index in [1.54, 1.807) is 30.3 Å². The van der Waals surface area contributed by atoms with Gasteiger partial charge in [-0.2, -0.15) is 0 Å². The molecular formula is C18H17Cl2NO3. The molecule has 4 nitrogen and oxygen atoms in total. The Balaban J connectivity index is 1.74. The predicted octanol–water partition coefficient (Wildman–Crippen LogP) is 4.17. The fourth-order valence-corrected chi connectivity index (χ4v) is 2.39. The maximum absolute atomic E-state index is 12.0. The van der Waals surface area contributed by atoms with Crippen LogP contribution in [0.25, 0.3) is 0 Å². The molecule has 24 heavy (non-hydrogen) atoms. The van der Waals surface area contributed by atoms with Gasteiger partial charge in [-0.25, -0.2) is 0 Å². The quantitative estimate of drug-likeness (QED) is 0.781. The lowest BCUT2D eigenvalue weighted by atomic mass is 10.1. The van der Waals surface area contributed by atoms with Crippen LogP contribution in [0.4, 0.5) is 0 Å². The molecule has 1 amide bonds. The van der Waals surface area contributed by atoms with Gasteiger partial charge in [0.05, 0.1) is 16.5 Å². The third-order valence-corrected chi connectivity index (χ3v) is 4.13. The van der Waals surface area contributed by atoms with Crippen molar-refractivity contribution in [1.29, 1.82) is 0 Å². The van der Waals surface area contributed by atoms with Crippen molar-refractivity contribution in [3.8, 4) is 0 Å². The molecule has 126 valence electrons. The van der Waals surface area contributed by atoms with E-state index in [1.807, 2.05) is 19.1 Å². The molecule has 0 radical (unpaired) electrons. The van der Waals surface area contributed by atoms with Gasteiger partial charge in [0.15, 0.2) is 0 Å². The van der Waals surface area contributed by atoms with Crippen LogP contribution in [-0.2, 0) is 16.1 Å². The number of rotatable bonds is 6. The number of halogens is 2. The molecule has 0 fully saturated rings. The minimum Gasteiger partial charge on any atom is -0.461 e. The maximum Gasteiger partial charge on any atom is 0.307 e. The van der Waals surface area contributed by atoms with Crippen LogP contribution in [0, 0.1) is 6.92 Å². The second-order valence-corrected chi connectivity index (χ2v) is 6.04. The first-order chi connectivity index (χ1) is 11.5. The molecule has 0 heterocycles. The minimum atomic E-state index is -0.397. The van der Waals surface area contributed by atoms with Crippen LogP contribution >= 0.6 is 23.2 Å². The zero-order valence-corrected chi connectivity index (χ0v) is 14.7. The van der Waals surface area contributed by atoms with Gasteiger partial charge < -0.3 is 10.1 Å². The number of aryl methyl sites for hydroxylation is 1. The summed E-state index contributed by atoms with van der Waals surface area (Å²) in [5.74, 6) is -0.600. The zero-order chi connectivity index (χ0) is 17.5. The smallest absolute Gasteiger partial charge is 0.307 e. The maximum atomic E-state index is 12.0. The summed E-state index contributed by atoms with van der Waals surface area (Å²) in [6.07, 6.45) is 0.0962. The highest BCUT2D eigenvalue weighted by molar-refractivity contribution is 6.42. The molecule has 2 rings (SSSR count). The summed E-state index contributed by atoms with van der Waals surface area (Å²) in [4.78, 5) is 23.7. The fourth-order valence-electron chi connectivity index (χ4n) is 2.07. The van der Waals surface area contributed by atoms with Crippen molar-refractivity contribution in [3.05, 3.63) is 69.2 Å². The van der Waals surface area contributed by atoms with E-state index in [9.17, 15) is 9.59 Å². The predicted molar refractivity (Wildman–Crippen MR) is 94.4 cm³/mol. The molecule has 0 aliphatic carbocycles. The van der Waals surface area contributed by atoms with Crippen LogP contribution in [0.2, 0.25) is 10.0 Å². The molecule has 0 aromatic heterocycles. The Morgan fingerprint density at radius 2 is 1.83 bits per heavy atom. The molecule has 2 aromatic carbocycles. The summed E-state index contributed by atoms with van der Waals surface area (Å²) in [5.41, 5.74) is 2.24. The lowest BCUT2D eigenvalue weighted by Gasteiger charge is -2.08. The van der Waals surface area contributed by atoms with Crippen LogP contribution in [0.1, 0.15) is 27.9 Å². The van der Waals surface area contributed by atoms with Gasteiger partial charge in [-0.1, -0.05) is 47.5 Å². The van der Waals surface area contributed by atoms with Crippen molar-refractivity contribution in [2.75, 3.05) is 6.54 Å². The van der Waals surface area contributed by atoms with Gasteiger partial charge in [-0.3, -0.25) is 9.59 Å². The molecule has 0 atom stereocenters. The van der Waals surface area contributed by atoms with Crippen molar-refractivity contribution in [2.24, 2.45) is 0 Å². The summed E-state index contributed by atoms with van der Waals surface area (Å²) in [5, 5.41) is 3.57. The second kappa shape index (κ2) is 8.71. The van der Waals surface area contributed by atoms with Crippen molar-refractivity contribution in [3.63, 3.8) is 0 Å². The van der Waals surface area contributed by atoms with Crippen LogP contribution in [0.3, 0.4) is 0 Å². The summed E-state index contributed by atoms with van der Waals surface area (Å²) >= 11 is 11.7.